The van der Waals surface area contributed by atoms with Crippen molar-refractivity contribution in [1.29, 1.82) is 5.26 Å². The van der Waals surface area contributed by atoms with Crippen LogP contribution < -0.4 is 10.6 Å². The second-order valence-electron chi connectivity index (χ2n) is 6.68. The molecule has 9 nitrogen and oxygen atoms in total. The Morgan fingerprint density at radius 1 is 1.30 bits per heavy atom. The largest absolute Gasteiger partial charge is 0.483 e. The lowest BCUT2D eigenvalue weighted by atomic mass is 10.1. The number of carboxylic acid groups (broad SMARTS) is 1. The number of carbonyl (C=O) groups is 3. The maximum absolute atomic E-state index is 12.9. The maximum atomic E-state index is 12.9. The first kappa shape index (κ1) is 22.6. The number of aromatic nitrogens is 1. The van der Waals surface area contributed by atoms with E-state index in [4.69, 9.17) is 15.2 Å². The summed E-state index contributed by atoms with van der Waals surface area (Å²) < 4.78 is 12.9. The fraction of sp³-hybridized carbons (Fsp3) is 0.300. The minimum Gasteiger partial charge on any atom is -0.483 e. The number of benzene rings is 1. The highest BCUT2D eigenvalue weighted by Crippen LogP contribution is 2.26. The van der Waals surface area contributed by atoms with Gasteiger partial charge < -0.3 is 25.8 Å². The van der Waals surface area contributed by atoms with E-state index in [2.05, 4.69) is 15.6 Å². The molecule has 1 aromatic carbocycles. The van der Waals surface area contributed by atoms with Gasteiger partial charge in [0.15, 0.2) is 0 Å². The monoisotopic (exact) mass is 416 g/mol. The number of nitrogens with one attached hydrogen (secondary N) is 3. The third-order valence-corrected chi connectivity index (χ3v) is 4.65. The van der Waals surface area contributed by atoms with Crippen molar-refractivity contribution in [2.45, 2.75) is 31.5 Å². The summed E-state index contributed by atoms with van der Waals surface area (Å²) in [5.41, 5.74) is 1.33. The minimum absolute atomic E-state index is 0.221. The van der Waals surface area contributed by atoms with E-state index in [1.165, 1.54) is 24.4 Å². The first-order valence-electron chi connectivity index (χ1n) is 9.05. The van der Waals surface area contributed by atoms with Crippen LogP contribution >= 0.6 is 0 Å². The summed E-state index contributed by atoms with van der Waals surface area (Å²) in [5, 5.41) is 31.3. The normalized spacial score (nSPS) is 19.7. The Hall–Kier alpha value is -3.71. The summed E-state index contributed by atoms with van der Waals surface area (Å²) in [6, 6.07) is 8.63. The minimum atomic E-state index is -0.832. The van der Waals surface area contributed by atoms with Crippen molar-refractivity contribution < 1.29 is 29.0 Å². The molecular formula is C20H21FN4O5. The second-order valence-corrected chi connectivity index (χ2v) is 6.68. The molecule has 2 amide bonds. The zero-order chi connectivity index (χ0) is 22.1. The summed E-state index contributed by atoms with van der Waals surface area (Å²) in [7, 11) is 0. The summed E-state index contributed by atoms with van der Waals surface area (Å²) in [6.07, 6.45) is 1.15. The van der Waals surface area contributed by atoms with Gasteiger partial charge in [0.1, 0.15) is 17.6 Å². The molecule has 0 unspecified atom stereocenters. The number of nitrogens with zero attached hydrogens (tertiary/aromatic N) is 1. The van der Waals surface area contributed by atoms with Crippen LogP contribution in [0.4, 0.5) is 4.39 Å². The number of halogens is 1. The zero-order valence-corrected chi connectivity index (χ0v) is 15.8. The molecular weight excluding hydrogens is 395 g/mol. The van der Waals surface area contributed by atoms with Gasteiger partial charge in [0, 0.05) is 18.7 Å². The number of aromatic amines is 1. The molecule has 0 bridgehead atoms. The molecule has 1 heterocycles. The molecule has 1 aliphatic carbocycles. The van der Waals surface area contributed by atoms with Crippen molar-refractivity contribution in [3.63, 3.8) is 0 Å². The Kier molecular flexibility index (Phi) is 8.08. The van der Waals surface area contributed by atoms with Crippen LogP contribution in [0.15, 0.2) is 36.5 Å². The number of rotatable bonds is 5. The molecule has 0 saturated heterocycles. The number of amides is 2. The molecule has 1 fully saturated rings. The van der Waals surface area contributed by atoms with Gasteiger partial charge in [0.25, 0.3) is 12.4 Å². The number of aliphatic hydroxyl groups is 1. The second kappa shape index (κ2) is 10.7. The number of nitriles is 1. The highest BCUT2D eigenvalue weighted by Gasteiger charge is 2.37. The molecule has 0 aliphatic heterocycles. The van der Waals surface area contributed by atoms with Crippen molar-refractivity contribution in [2.75, 3.05) is 0 Å². The number of hydrogen-bond acceptors (Lipinski definition) is 5. The Balaban J connectivity index is 0.00000101. The van der Waals surface area contributed by atoms with E-state index in [9.17, 15) is 19.1 Å². The molecule has 3 atom stereocenters. The van der Waals surface area contributed by atoms with Gasteiger partial charge in [-0.15, -0.1) is 0 Å². The number of carbonyl (C=O) groups excluding carboxylic acids is 2. The molecule has 30 heavy (non-hydrogen) atoms. The van der Waals surface area contributed by atoms with Crippen LogP contribution in [0.25, 0.3) is 0 Å². The smallest absolute Gasteiger partial charge is 0.290 e. The quantitative estimate of drug-likeness (QED) is 0.456. The molecule has 1 saturated carbocycles. The van der Waals surface area contributed by atoms with Crippen LogP contribution in [-0.4, -0.2) is 45.6 Å². The van der Waals surface area contributed by atoms with E-state index in [1.807, 2.05) is 6.07 Å². The van der Waals surface area contributed by atoms with E-state index < -0.39 is 24.0 Å². The topological polar surface area (TPSA) is 155 Å². The Bertz CT molecular complexity index is 922. The molecule has 3 rings (SSSR count). The Morgan fingerprint density at radius 3 is 2.57 bits per heavy atom. The Labute approximate surface area is 171 Å². The van der Waals surface area contributed by atoms with Crippen LogP contribution in [0.3, 0.4) is 0 Å². The van der Waals surface area contributed by atoms with Crippen LogP contribution in [0, 0.1) is 23.1 Å². The molecule has 0 spiro atoms. The zero-order valence-electron chi connectivity index (χ0n) is 15.8. The molecule has 158 valence electrons. The lowest BCUT2D eigenvalue weighted by Gasteiger charge is -2.15. The molecule has 1 aliphatic rings. The van der Waals surface area contributed by atoms with E-state index in [0.29, 0.717) is 12.0 Å². The van der Waals surface area contributed by atoms with Gasteiger partial charge in [-0.25, -0.2) is 4.39 Å². The highest BCUT2D eigenvalue weighted by molar-refractivity contribution is 5.93. The first-order chi connectivity index (χ1) is 14.4. The Morgan fingerprint density at radius 2 is 1.97 bits per heavy atom. The number of hydrogen-bond donors (Lipinski definition) is 5. The number of aliphatic hydroxyl groups excluding tert-OH is 1. The van der Waals surface area contributed by atoms with E-state index in [0.717, 1.165) is 5.56 Å². The third-order valence-electron chi connectivity index (χ3n) is 4.65. The lowest BCUT2D eigenvalue weighted by molar-refractivity contribution is -0.125. The molecule has 1 aromatic heterocycles. The van der Waals surface area contributed by atoms with Gasteiger partial charge in [0.2, 0.25) is 5.91 Å². The summed E-state index contributed by atoms with van der Waals surface area (Å²) >= 11 is 0. The van der Waals surface area contributed by atoms with Gasteiger partial charge in [-0.1, -0.05) is 12.1 Å². The van der Waals surface area contributed by atoms with Gasteiger partial charge in [-0.2, -0.15) is 5.26 Å². The lowest BCUT2D eigenvalue weighted by Crippen LogP contribution is -2.40. The average Bonchev–Trinajstić information content (AvgIpc) is 3.35. The van der Waals surface area contributed by atoms with Gasteiger partial charge in [0.05, 0.1) is 17.7 Å². The van der Waals surface area contributed by atoms with Crippen LogP contribution in [-0.2, 0) is 16.1 Å². The molecule has 5 N–H and O–H groups in total. The van der Waals surface area contributed by atoms with Crippen LogP contribution in [0.1, 0.15) is 34.5 Å². The molecule has 10 heteroatoms. The van der Waals surface area contributed by atoms with Crippen molar-refractivity contribution in [3.05, 3.63) is 59.2 Å². The van der Waals surface area contributed by atoms with Gasteiger partial charge in [-0.05, 0) is 36.6 Å². The van der Waals surface area contributed by atoms with Gasteiger partial charge in [-0.3, -0.25) is 14.4 Å². The number of H-pyrrole nitrogens is 1. The highest BCUT2D eigenvalue weighted by atomic mass is 19.1. The standard InChI is InChI=1S/C19H19FN4O3.CH2O2/c20-14-3-1-11(2-4-14)9-23-18(26)13-6-15(17(25)7-13)24-19(27)16-5-12(8-21)10-22-16;2-1-3/h1-5,10,13,15,17,22,25H,6-7,9H2,(H,23,26)(H,24,27);1H,(H,2,3)/t13-,15+,17+;/m0./s1. The average molecular weight is 416 g/mol. The SMILES string of the molecule is N#Cc1c[nH]c(C(=O)N[C@@H]2C[C@H](C(=O)NCc3ccc(F)cc3)C[C@H]2O)c1.O=CO. The molecule has 2 aromatic rings. The van der Waals surface area contributed by atoms with Gasteiger partial charge >= 0.3 is 0 Å². The fourth-order valence-corrected chi connectivity index (χ4v) is 3.16. The van der Waals surface area contributed by atoms with Crippen molar-refractivity contribution in [2.24, 2.45) is 5.92 Å². The summed E-state index contributed by atoms with van der Waals surface area (Å²) in [6.45, 7) is 0.0160. The van der Waals surface area contributed by atoms with Crippen LogP contribution in [0.5, 0.6) is 0 Å². The van der Waals surface area contributed by atoms with Crippen molar-refractivity contribution >= 4 is 18.3 Å². The maximum Gasteiger partial charge on any atom is 0.290 e. The van der Waals surface area contributed by atoms with E-state index in [-0.39, 0.29) is 36.9 Å². The summed E-state index contributed by atoms with van der Waals surface area (Å²) in [4.78, 5) is 35.6. The third kappa shape index (κ3) is 6.15. The predicted octanol–water partition coefficient (Wildman–Crippen LogP) is 0.912. The first-order valence-corrected chi connectivity index (χ1v) is 9.05. The predicted molar refractivity (Wildman–Crippen MR) is 102 cm³/mol. The fourth-order valence-electron chi connectivity index (χ4n) is 3.16. The van der Waals surface area contributed by atoms with Crippen molar-refractivity contribution in [3.8, 4) is 6.07 Å². The van der Waals surface area contributed by atoms with E-state index in [1.54, 1.807) is 12.1 Å². The molecule has 0 radical (unpaired) electrons. The summed E-state index contributed by atoms with van der Waals surface area (Å²) in [5.74, 6) is -1.43. The van der Waals surface area contributed by atoms with E-state index >= 15 is 0 Å². The van der Waals surface area contributed by atoms with Crippen molar-refractivity contribution in [1.82, 2.24) is 15.6 Å². The van der Waals surface area contributed by atoms with Crippen LogP contribution in [0.2, 0.25) is 0 Å².